The topological polar surface area (TPSA) is 4.44 Å². The third-order valence-corrected chi connectivity index (χ3v) is 3.66. The number of thiophene rings is 1. The number of hydrogen-bond donors (Lipinski definition) is 1. The van der Waals surface area contributed by atoms with Gasteiger partial charge in [-0.05, 0) is 41.3 Å². The van der Waals surface area contributed by atoms with E-state index in [1.807, 2.05) is 0 Å². The lowest BCUT2D eigenvalue weighted by Gasteiger charge is -2.19. The second-order valence-electron chi connectivity index (χ2n) is 4.16. The van der Waals surface area contributed by atoms with E-state index >= 15 is 0 Å². The molecule has 14 heavy (non-hydrogen) atoms. The standard InChI is InChI=1S/C12H17NS/c1-13-7-4-11(5-8-13)2-3-12-6-9-14-10-12/h4,6,9-10H,2-3,5,7-8H2,1H3/p+1. The van der Waals surface area contributed by atoms with E-state index in [0.29, 0.717) is 0 Å². The Morgan fingerprint density at radius 1 is 1.43 bits per heavy atom. The van der Waals surface area contributed by atoms with Crippen molar-refractivity contribution in [2.24, 2.45) is 0 Å². The average molecular weight is 208 g/mol. The van der Waals surface area contributed by atoms with Crippen molar-refractivity contribution in [3.63, 3.8) is 0 Å². The third-order valence-electron chi connectivity index (χ3n) is 2.93. The van der Waals surface area contributed by atoms with E-state index in [-0.39, 0.29) is 0 Å². The highest BCUT2D eigenvalue weighted by atomic mass is 32.1. The summed E-state index contributed by atoms with van der Waals surface area (Å²) in [7, 11) is 2.27. The molecule has 76 valence electrons. The summed E-state index contributed by atoms with van der Waals surface area (Å²) in [6, 6.07) is 2.24. The van der Waals surface area contributed by atoms with E-state index in [4.69, 9.17) is 0 Å². The molecule has 1 unspecified atom stereocenters. The van der Waals surface area contributed by atoms with Crippen LogP contribution in [0.1, 0.15) is 18.4 Å². The van der Waals surface area contributed by atoms with Crippen molar-refractivity contribution in [3.8, 4) is 0 Å². The largest absolute Gasteiger partial charge is 0.334 e. The molecule has 1 aromatic heterocycles. The predicted octanol–water partition coefficient (Wildman–Crippen LogP) is 1.53. The zero-order valence-corrected chi connectivity index (χ0v) is 9.57. The van der Waals surface area contributed by atoms with E-state index in [2.05, 4.69) is 30.0 Å². The van der Waals surface area contributed by atoms with Gasteiger partial charge in [-0.25, -0.2) is 0 Å². The summed E-state index contributed by atoms with van der Waals surface area (Å²) in [5, 5.41) is 4.43. The van der Waals surface area contributed by atoms with Gasteiger partial charge in [-0.15, -0.1) is 0 Å². The molecule has 2 heteroatoms. The molecular formula is C12H18NS+. The minimum absolute atomic E-state index is 1.22. The zero-order chi connectivity index (χ0) is 9.80. The second kappa shape index (κ2) is 4.76. The van der Waals surface area contributed by atoms with Gasteiger partial charge in [-0.1, -0.05) is 5.57 Å². The summed E-state index contributed by atoms with van der Waals surface area (Å²) in [5.74, 6) is 0. The summed E-state index contributed by atoms with van der Waals surface area (Å²) in [4.78, 5) is 1.64. The first-order valence-corrected chi connectivity index (χ1v) is 6.29. The van der Waals surface area contributed by atoms with Crippen LogP contribution in [-0.4, -0.2) is 20.1 Å². The van der Waals surface area contributed by atoms with Crippen molar-refractivity contribution in [1.29, 1.82) is 0 Å². The van der Waals surface area contributed by atoms with Crippen LogP contribution in [0.15, 0.2) is 28.5 Å². The lowest BCUT2D eigenvalue weighted by molar-refractivity contribution is -0.874. The van der Waals surface area contributed by atoms with Gasteiger partial charge in [-0.3, -0.25) is 0 Å². The van der Waals surface area contributed by atoms with Crippen LogP contribution in [0.4, 0.5) is 0 Å². The molecule has 1 nitrogen and oxygen atoms in total. The maximum atomic E-state index is 2.44. The highest BCUT2D eigenvalue weighted by Gasteiger charge is 2.09. The molecule has 0 fully saturated rings. The fraction of sp³-hybridized carbons (Fsp3) is 0.500. The van der Waals surface area contributed by atoms with E-state index < -0.39 is 0 Å². The van der Waals surface area contributed by atoms with Crippen LogP contribution in [0.3, 0.4) is 0 Å². The minimum Gasteiger partial charge on any atom is -0.334 e. The SMILES string of the molecule is C[NH+]1CC=C(CCc2ccsc2)CC1. The summed E-state index contributed by atoms with van der Waals surface area (Å²) in [6.45, 7) is 2.54. The Kier molecular flexibility index (Phi) is 3.38. The van der Waals surface area contributed by atoms with Crippen LogP contribution in [0, 0.1) is 0 Å². The molecule has 0 saturated heterocycles. The van der Waals surface area contributed by atoms with Crippen molar-refractivity contribution in [2.45, 2.75) is 19.3 Å². The summed E-state index contributed by atoms with van der Waals surface area (Å²) in [5.41, 5.74) is 3.17. The number of aryl methyl sites for hydroxylation is 1. The fourth-order valence-electron chi connectivity index (χ4n) is 1.86. The van der Waals surface area contributed by atoms with Crippen molar-refractivity contribution in [3.05, 3.63) is 34.0 Å². The molecule has 0 spiro atoms. The lowest BCUT2D eigenvalue weighted by Crippen LogP contribution is -3.09. The number of hydrogen-bond acceptors (Lipinski definition) is 1. The monoisotopic (exact) mass is 208 g/mol. The van der Waals surface area contributed by atoms with Crippen LogP contribution >= 0.6 is 11.3 Å². The van der Waals surface area contributed by atoms with Gasteiger partial charge in [0.2, 0.25) is 0 Å². The van der Waals surface area contributed by atoms with E-state index in [1.165, 1.54) is 37.9 Å². The Morgan fingerprint density at radius 2 is 2.36 bits per heavy atom. The summed E-state index contributed by atoms with van der Waals surface area (Å²) in [6.07, 6.45) is 6.24. The Hall–Kier alpha value is -0.600. The van der Waals surface area contributed by atoms with Gasteiger partial charge in [0.05, 0.1) is 20.1 Å². The minimum atomic E-state index is 1.22. The van der Waals surface area contributed by atoms with E-state index in [1.54, 1.807) is 21.8 Å². The number of quaternary nitrogens is 1. The van der Waals surface area contributed by atoms with Crippen molar-refractivity contribution >= 4 is 11.3 Å². The predicted molar refractivity (Wildman–Crippen MR) is 62.0 cm³/mol. The molecule has 1 aliphatic heterocycles. The van der Waals surface area contributed by atoms with E-state index in [9.17, 15) is 0 Å². The van der Waals surface area contributed by atoms with Gasteiger partial charge in [0.1, 0.15) is 0 Å². The number of likely N-dealkylation sites (N-methyl/N-ethyl adjacent to an activating group) is 1. The van der Waals surface area contributed by atoms with Crippen LogP contribution < -0.4 is 4.90 Å². The lowest BCUT2D eigenvalue weighted by atomic mass is 10.0. The maximum absolute atomic E-state index is 2.44. The molecule has 0 radical (unpaired) electrons. The van der Waals surface area contributed by atoms with Crippen LogP contribution in [-0.2, 0) is 6.42 Å². The van der Waals surface area contributed by atoms with Crippen LogP contribution in [0.5, 0.6) is 0 Å². The molecule has 0 aromatic carbocycles. The quantitative estimate of drug-likeness (QED) is 0.719. The normalized spacial score (nSPS) is 22.1. The second-order valence-corrected chi connectivity index (χ2v) is 4.94. The van der Waals surface area contributed by atoms with Crippen molar-refractivity contribution in [1.82, 2.24) is 0 Å². The van der Waals surface area contributed by atoms with Gasteiger partial charge in [0.25, 0.3) is 0 Å². The molecule has 0 aliphatic carbocycles. The first-order valence-electron chi connectivity index (χ1n) is 5.35. The molecule has 2 rings (SSSR count). The highest BCUT2D eigenvalue weighted by Crippen LogP contribution is 2.14. The van der Waals surface area contributed by atoms with Crippen LogP contribution in [0.2, 0.25) is 0 Å². The third kappa shape index (κ3) is 2.69. The van der Waals surface area contributed by atoms with Crippen LogP contribution in [0.25, 0.3) is 0 Å². The smallest absolute Gasteiger partial charge is 0.0958 e. The first kappa shape index (κ1) is 9.94. The molecule has 1 aliphatic rings. The molecule has 1 atom stereocenters. The molecule has 0 amide bonds. The van der Waals surface area contributed by atoms with Crippen molar-refractivity contribution in [2.75, 3.05) is 20.1 Å². The Bertz CT molecular complexity index is 300. The van der Waals surface area contributed by atoms with Gasteiger partial charge in [0.15, 0.2) is 0 Å². The molecule has 0 saturated carbocycles. The molecule has 1 aromatic rings. The Morgan fingerprint density at radius 3 is 3.00 bits per heavy atom. The van der Waals surface area contributed by atoms with Gasteiger partial charge in [0, 0.05) is 6.42 Å². The first-order chi connectivity index (χ1) is 6.84. The highest BCUT2D eigenvalue weighted by molar-refractivity contribution is 7.07. The van der Waals surface area contributed by atoms with Gasteiger partial charge < -0.3 is 4.90 Å². The molecule has 2 heterocycles. The molecular weight excluding hydrogens is 190 g/mol. The average Bonchev–Trinajstić information content (AvgIpc) is 2.70. The van der Waals surface area contributed by atoms with Crippen molar-refractivity contribution < 1.29 is 4.90 Å². The van der Waals surface area contributed by atoms with Gasteiger partial charge >= 0.3 is 0 Å². The molecule has 0 bridgehead atoms. The molecule has 1 N–H and O–H groups in total. The summed E-state index contributed by atoms with van der Waals surface area (Å²) < 4.78 is 0. The number of rotatable bonds is 3. The zero-order valence-electron chi connectivity index (χ0n) is 8.75. The summed E-state index contributed by atoms with van der Waals surface area (Å²) >= 11 is 1.80. The Balaban J connectivity index is 1.81. The fourth-order valence-corrected chi connectivity index (χ4v) is 2.57. The van der Waals surface area contributed by atoms with E-state index in [0.717, 1.165) is 0 Å². The number of nitrogens with one attached hydrogen (secondary N) is 1. The van der Waals surface area contributed by atoms with Gasteiger partial charge in [-0.2, -0.15) is 11.3 Å². The Labute approximate surface area is 90.1 Å². The maximum Gasteiger partial charge on any atom is 0.0958 e.